The fourth-order valence-electron chi connectivity index (χ4n) is 7.35. The van der Waals surface area contributed by atoms with Gasteiger partial charge >= 0.3 is 0 Å². The zero-order valence-corrected chi connectivity index (χ0v) is 34.1. The molecule has 0 fully saturated rings. The van der Waals surface area contributed by atoms with Crippen LogP contribution in [0, 0.1) is 0 Å². The van der Waals surface area contributed by atoms with E-state index >= 15 is 0 Å². The molecule has 0 saturated heterocycles. The maximum Gasteiger partial charge on any atom is 0.114 e. The third kappa shape index (κ3) is 31.4. The van der Waals surface area contributed by atoms with Gasteiger partial charge in [0.05, 0.1) is 20.6 Å². The van der Waals surface area contributed by atoms with Crippen LogP contribution in [-0.2, 0) is 0 Å². The molecular formula is C43H86Cl2N2. The lowest BCUT2D eigenvalue weighted by Crippen LogP contribution is -3.00. The van der Waals surface area contributed by atoms with E-state index in [1.807, 2.05) is 0 Å². The first-order chi connectivity index (χ1) is 21.6. The highest BCUT2D eigenvalue weighted by atomic mass is 35.5. The van der Waals surface area contributed by atoms with Gasteiger partial charge in [0.25, 0.3) is 0 Å². The number of halogens is 2. The lowest BCUT2D eigenvalue weighted by molar-refractivity contribution is -0.921. The number of rotatable bonds is 34. The van der Waals surface area contributed by atoms with E-state index in [1.165, 1.54) is 206 Å². The van der Waals surface area contributed by atoms with Crippen LogP contribution in [0.5, 0.6) is 0 Å². The average Bonchev–Trinajstić information content (AvgIpc) is 3.03. The molecule has 282 valence electrons. The summed E-state index contributed by atoms with van der Waals surface area (Å²) >= 11 is 0. The monoisotopic (exact) mass is 701 g/mol. The second-order valence-corrected chi connectivity index (χ2v) is 15.1. The van der Waals surface area contributed by atoms with E-state index in [-0.39, 0.29) is 31.0 Å². The van der Waals surface area contributed by atoms with Crippen LogP contribution >= 0.6 is 12.4 Å². The van der Waals surface area contributed by atoms with Crippen molar-refractivity contribution in [2.45, 2.75) is 219 Å². The van der Waals surface area contributed by atoms with Crippen molar-refractivity contribution >= 4 is 12.4 Å². The Labute approximate surface area is 309 Å². The summed E-state index contributed by atoms with van der Waals surface area (Å²) in [5.74, 6) is 0. The van der Waals surface area contributed by atoms with Crippen molar-refractivity contribution in [2.24, 2.45) is 0 Å². The van der Waals surface area contributed by atoms with Crippen LogP contribution in [0.3, 0.4) is 0 Å². The Hall–Kier alpha value is -0.280. The maximum absolute atomic E-state index is 2.51. The van der Waals surface area contributed by atoms with Gasteiger partial charge < -0.3 is 23.0 Å². The molecule has 1 aromatic rings. The van der Waals surface area contributed by atoms with Gasteiger partial charge in [0, 0.05) is 12.0 Å². The summed E-state index contributed by atoms with van der Waals surface area (Å²) in [6, 6.07) is 12.1. The number of nitrogens with zero attached hydrogens (tertiary/aromatic N) is 1. The summed E-state index contributed by atoms with van der Waals surface area (Å²) in [7, 11) is 5.01. The van der Waals surface area contributed by atoms with E-state index in [4.69, 9.17) is 0 Å². The molecule has 3 N–H and O–H groups in total. The molecule has 47 heavy (non-hydrogen) atoms. The molecule has 0 radical (unpaired) electrons. The predicted octanol–water partition coefficient (Wildman–Crippen LogP) is 12.5. The van der Waals surface area contributed by atoms with Crippen molar-refractivity contribution in [3.05, 3.63) is 35.9 Å². The summed E-state index contributed by atoms with van der Waals surface area (Å²) in [4.78, 5) is 0. The fraction of sp³-hybridized carbons (Fsp3) is 0.860. The molecule has 1 atom stereocenters. The molecule has 1 aromatic carbocycles. The molecule has 0 aliphatic carbocycles. The van der Waals surface area contributed by atoms with Gasteiger partial charge in [-0.05, 0) is 19.3 Å². The van der Waals surface area contributed by atoms with Crippen molar-refractivity contribution in [3.63, 3.8) is 0 Å². The molecule has 0 aliphatic heterocycles. The third-order valence-corrected chi connectivity index (χ3v) is 10.4. The second-order valence-electron chi connectivity index (χ2n) is 15.1. The van der Waals surface area contributed by atoms with Crippen molar-refractivity contribution in [3.8, 4) is 0 Å². The first kappa shape index (κ1) is 51.1. The van der Waals surface area contributed by atoms with E-state index in [9.17, 15) is 0 Å². The minimum Gasteiger partial charge on any atom is -1.00 e. The minimum atomic E-state index is 0. The number of quaternary nitrogens is 1. The molecule has 0 spiro atoms. The Kier molecular flexibility index (Phi) is 41.9. The second kappa shape index (κ2) is 38.5. The Morgan fingerprint density at radius 1 is 0.426 bits per heavy atom. The Morgan fingerprint density at radius 3 is 1.02 bits per heavy atom. The van der Waals surface area contributed by atoms with Gasteiger partial charge in [0.15, 0.2) is 0 Å². The van der Waals surface area contributed by atoms with Crippen molar-refractivity contribution in [1.29, 1.82) is 0 Å². The summed E-state index contributed by atoms with van der Waals surface area (Å²) in [6.45, 7) is 5.94. The SMILES string of the molecule is CCCCCCCCCCCCCCCCCCC(c1ccccc1)[N+](C)(C)CCCCCCCCCCCCCCCC.Cl.N.[Cl-]. The summed E-state index contributed by atoms with van der Waals surface area (Å²) in [5, 5.41) is 0. The minimum absolute atomic E-state index is 0. The average molecular weight is 702 g/mol. The molecule has 4 heteroatoms. The normalized spacial score (nSPS) is 11.8. The molecule has 1 rings (SSSR count). The molecule has 0 amide bonds. The van der Waals surface area contributed by atoms with Crippen LogP contribution in [-0.4, -0.2) is 25.1 Å². The first-order valence-corrected chi connectivity index (χ1v) is 20.5. The van der Waals surface area contributed by atoms with Gasteiger partial charge in [-0.15, -0.1) is 12.4 Å². The molecule has 0 saturated carbocycles. The quantitative estimate of drug-likeness (QED) is 0.0563. The maximum atomic E-state index is 2.51. The lowest BCUT2D eigenvalue weighted by atomic mass is 9.96. The highest BCUT2D eigenvalue weighted by molar-refractivity contribution is 5.85. The lowest BCUT2D eigenvalue weighted by Gasteiger charge is -2.39. The van der Waals surface area contributed by atoms with Gasteiger partial charge in [-0.25, -0.2) is 0 Å². The van der Waals surface area contributed by atoms with Gasteiger partial charge in [0.1, 0.15) is 6.04 Å². The molecule has 0 aliphatic rings. The highest BCUT2D eigenvalue weighted by Gasteiger charge is 2.28. The standard InChI is InChI=1S/C43H82N.2ClH.H3N/c1-5-7-9-11-13-15-17-19-21-22-23-25-27-29-31-36-40-43(42-38-34-33-35-39-42)44(3,4)41-37-32-30-28-26-24-20-18-16-14-12-10-8-6-2;;;/h33-35,38-39,43H,5-32,36-37,40-41H2,1-4H3;2*1H;1H3/q+1;;;/p-1. The predicted molar refractivity (Wildman–Crippen MR) is 213 cm³/mol. The van der Waals surface area contributed by atoms with Gasteiger partial charge in [-0.3, -0.25) is 0 Å². The van der Waals surface area contributed by atoms with Crippen LogP contribution < -0.4 is 18.6 Å². The van der Waals surface area contributed by atoms with Gasteiger partial charge in [-0.2, -0.15) is 0 Å². The molecule has 0 heterocycles. The zero-order valence-electron chi connectivity index (χ0n) is 32.5. The van der Waals surface area contributed by atoms with Crippen LogP contribution in [0.4, 0.5) is 0 Å². The van der Waals surface area contributed by atoms with Crippen LogP contribution in [0.1, 0.15) is 224 Å². The molecular weight excluding hydrogens is 615 g/mol. The van der Waals surface area contributed by atoms with E-state index < -0.39 is 0 Å². The summed E-state index contributed by atoms with van der Waals surface area (Å²) in [6.07, 6.45) is 44.7. The topological polar surface area (TPSA) is 35.0 Å². The largest absolute Gasteiger partial charge is 1.00 e. The Morgan fingerprint density at radius 2 is 0.702 bits per heavy atom. The molecule has 0 aromatic heterocycles. The zero-order chi connectivity index (χ0) is 31.8. The van der Waals surface area contributed by atoms with Crippen LogP contribution in [0.2, 0.25) is 0 Å². The molecule has 0 bridgehead atoms. The van der Waals surface area contributed by atoms with E-state index in [1.54, 1.807) is 5.56 Å². The fourth-order valence-corrected chi connectivity index (χ4v) is 7.35. The van der Waals surface area contributed by atoms with E-state index in [2.05, 4.69) is 58.3 Å². The molecule has 2 nitrogen and oxygen atoms in total. The van der Waals surface area contributed by atoms with Crippen LogP contribution in [0.15, 0.2) is 30.3 Å². The smallest absolute Gasteiger partial charge is 0.114 e. The van der Waals surface area contributed by atoms with E-state index in [0.717, 1.165) is 4.48 Å². The van der Waals surface area contributed by atoms with Crippen molar-refractivity contribution < 1.29 is 16.9 Å². The Balaban J connectivity index is -0.00000645. The van der Waals surface area contributed by atoms with Gasteiger partial charge in [0.2, 0.25) is 0 Å². The Bertz CT molecular complexity index is 696. The molecule has 1 unspecified atom stereocenters. The number of unbranched alkanes of at least 4 members (excludes halogenated alkanes) is 28. The highest BCUT2D eigenvalue weighted by Crippen LogP contribution is 2.31. The van der Waals surface area contributed by atoms with Crippen molar-refractivity contribution in [1.82, 2.24) is 6.15 Å². The summed E-state index contributed by atoms with van der Waals surface area (Å²) in [5.41, 5.74) is 1.56. The van der Waals surface area contributed by atoms with Crippen molar-refractivity contribution in [2.75, 3.05) is 20.6 Å². The third-order valence-electron chi connectivity index (χ3n) is 10.4. The summed E-state index contributed by atoms with van der Waals surface area (Å²) < 4.78 is 1.15. The van der Waals surface area contributed by atoms with Crippen LogP contribution in [0.25, 0.3) is 0 Å². The number of hydrogen-bond donors (Lipinski definition) is 1. The number of hydrogen-bond acceptors (Lipinski definition) is 1. The van der Waals surface area contributed by atoms with Gasteiger partial charge in [-0.1, -0.05) is 218 Å². The number of benzene rings is 1. The van der Waals surface area contributed by atoms with E-state index in [0.29, 0.717) is 6.04 Å². The first-order valence-electron chi connectivity index (χ1n) is 20.5.